The van der Waals surface area contributed by atoms with Crippen LogP contribution in [0, 0.1) is 5.41 Å². The highest BCUT2D eigenvalue weighted by Crippen LogP contribution is 2.25. The molecule has 15 heavy (non-hydrogen) atoms. The Morgan fingerprint density at radius 3 is 2.93 bits per heavy atom. The third-order valence-electron chi connectivity index (χ3n) is 3.21. The molecule has 86 valence electrons. The molecule has 0 radical (unpaired) electrons. The van der Waals surface area contributed by atoms with Crippen molar-refractivity contribution in [3.8, 4) is 0 Å². The molecule has 0 aromatic carbocycles. The van der Waals surface area contributed by atoms with Gasteiger partial charge >= 0.3 is 0 Å². The highest BCUT2D eigenvalue weighted by Gasteiger charge is 2.33. The average molecular weight is 212 g/mol. The fourth-order valence-electron chi connectivity index (χ4n) is 2.09. The normalized spacial score (nSPS) is 28.5. The van der Waals surface area contributed by atoms with E-state index in [4.69, 9.17) is 4.74 Å². The fraction of sp³-hybridized carbons (Fsp3) is 0.909. The number of amides is 1. The Labute approximate surface area is 90.8 Å². The molecule has 2 saturated heterocycles. The molecule has 4 heteroatoms. The van der Waals surface area contributed by atoms with Crippen LogP contribution in [0.15, 0.2) is 0 Å². The van der Waals surface area contributed by atoms with Gasteiger partial charge < -0.3 is 15.4 Å². The van der Waals surface area contributed by atoms with Crippen LogP contribution in [0.2, 0.25) is 0 Å². The van der Waals surface area contributed by atoms with Gasteiger partial charge in [-0.05, 0) is 19.4 Å². The molecule has 2 heterocycles. The van der Waals surface area contributed by atoms with Gasteiger partial charge in [0.25, 0.3) is 0 Å². The van der Waals surface area contributed by atoms with E-state index in [0.717, 1.165) is 32.7 Å². The lowest BCUT2D eigenvalue weighted by atomic mass is 9.89. The highest BCUT2D eigenvalue weighted by molar-refractivity contribution is 5.76. The summed E-state index contributed by atoms with van der Waals surface area (Å²) < 4.78 is 5.14. The molecule has 2 aliphatic heterocycles. The van der Waals surface area contributed by atoms with Gasteiger partial charge in [0, 0.05) is 24.4 Å². The van der Waals surface area contributed by atoms with Crippen molar-refractivity contribution in [2.45, 2.75) is 32.2 Å². The van der Waals surface area contributed by atoms with Crippen molar-refractivity contribution in [2.75, 3.05) is 26.3 Å². The van der Waals surface area contributed by atoms with Gasteiger partial charge in [-0.2, -0.15) is 0 Å². The second-order valence-corrected chi connectivity index (χ2v) is 5.08. The van der Waals surface area contributed by atoms with Crippen LogP contribution in [-0.4, -0.2) is 38.3 Å². The molecule has 0 aliphatic carbocycles. The van der Waals surface area contributed by atoms with Crippen molar-refractivity contribution in [2.24, 2.45) is 5.41 Å². The quantitative estimate of drug-likeness (QED) is 0.704. The summed E-state index contributed by atoms with van der Waals surface area (Å²) in [5.74, 6) is 0.169. The van der Waals surface area contributed by atoms with E-state index in [9.17, 15) is 4.79 Å². The van der Waals surface area contributed by atoms with Gasteiger partial charge in [0.1, 0.15) is 0 Å². The zero-order valence-electron chi connectivity index (χ0n) is 9.34. The fourth-order valence-corrected chi connectivity index (χ4v) is 2.09. The molecule has 1 amide bonds. The topological polar surface area (TPSA) is 50.4 Å². The van der Waals surface area contributed by atoms with E-state index in [-0.39, 0.29) is 11.3 Å². The summed E-state index contributed by atoms with van der Waals surface area (Å²) in [5, 5.41) is 6.32. The first-order valence-corrected chi connectivity index (χ1v) is 5.76. The van der Waals surface area contributed by atoms with Gasteiger partial charge in [-0.25, -0.2) is 0 Å². The number of carbonyl (C=O) groups is 1. The number of nitrogens with one attached hydrogen (secondary N) is 2. The number of hydrogen-bond donors (Lipinski definition) is 2. The summed E-state index contributed by atoms with van der Waals surface area (Å²) in [4.78, 5) is 11.6. The van der Waals surface area contributed by atoms with E-state index in [1.807, 2.05) is 0 Å². The first kappa shape index (κ1) is 10.9. The molecular formula is C11H20N2O2. The standard InChI is InChI=1S/C11H20N2O2/c1-11(7-15-8-11)6-13-10(14)5-9-3-2-4-12-9/h9,12H,2-8H2,1H3,(H,13,14). The minimum absolute atomic E-state index is 0.169. The van der Waals surface area contributed by atoms with Crippen LogP contribution in [0.5, 0.6) is 0 Å². The van der Waals surface area contributed by atoms with Crippen molar-refractivity contribution in [3.05, 3.63) is 0 Å². The minimum Gasteiger partial charge on any atom is -0.380 e. The monoisotopic (exact) mass is 212 g/mol. The van der Waals surface area contributed by atoms with Crippen molar-refractivity contribution in [1.29, 1.82) is 0 Å². The molecule has 2 aliphatic rings. The number of hydrogen-bond acceptors (Lipinski definition) is 3. The van der Waals surface area contributed by atoms with E-state index >= 15 is 0 Å². The Balaban J connectivity index is 1.63. The van der Waals surface area contributed by atoms with Crippen molar-refractivity contribution in [1.82, 2.24) is 10.6 Å². The Kier molecular flexibility index (Phi) is 3.26. The molecule has 1 unspecified atom stereocenters. The lowest BCUT2D eigenvalue weighted by Gasteiger charge is -2.38. The molecule has 2 N–H and O–H groups in total. The molecule has 2 rings (SSSR count). The van der Waals surface area contributed by atoms with Crippen LogP contribution in [0.3, 0.4) is 0 Å². The molecule has 0 aromatic heterocycles. The highest BCUT2D eigenvalue weighted by atomic mass is 16.5. The molecule has 0 spiro atoms. The third kappa shape index (κ3) is 2.92. The predicted octanol–water partition coefficient (Wildman–Crippen LogP) is 0.281. The van der Waals surface area contributed by atoms with E-state index in [1.54, 1.807) is 0 Å². The number of rotatable bonds is 4. The maximum Gasteiger partial charge on any atom is 0.221 e. The zero-order valence-corrected chi connectivity index (χ0v) is 9.34. The zero-order chi connectivity index (χ0) is 10.7. The van der Waals surface area contributed by atoms with Gasteiger partial charge in [0.15, 0.2) is 0 Å². The van der Waals surface area contributed by atoms with Crippen LogP contribution in [0.1, 0.15) is 26.2 Å². The van der Waals surface area contributed by atoms with E-state index < -0.39 is 0 Å². The SMILES string of the molecule is CC1(CNC(=O)CC2CCCN2)COC1. The van der Waals surface area contributed by atoms with Crippen LogP contribution < -0.4 is 10.6 Å². The van der Waals surface area contributed by atoms with Crippen molar-refractivity contribution >= 4 is 5.91 Å². The van der Waals surface area contributed by atoms with Crippen molar-refractivity contribution in [3.63, 3.8) is 0 Å². The first-order valence-electron chi connectivity index (χ1n) is 5.76. The predicted molar refractivity (Wildman–Crippen MR) is 57.6 cm³/mol. The molecule has 0 bridgehead atoms. The van der Waals surface area contributed by atoms with Gasteiger partial charge in [0.05, 0.1) is 13.2 Å². The molecule has 0 saturated carbocycles. The van der Waals surface area contributed by atoms with E-state index in [0.29, 0.717) is 12.5 Å². The van der Waals surface area contributed by atoms with Gasteiger partial charge in [-0.1, -0.05) is 6.92 Å². The second kappa shape index (κ2) is 4.49. The molecule has 0 aromatic rings. The number of ether oxygens (including phenoxy) is 1. The van der Waals surface area contributed by atoms with E-state index in [1.165, 1.54) is 6.42 Å². The average Bonchev–Trinajstić information content (AvgIpc) is 2.64. The second-order valence-electron chi connectivity index (χ2n) is 5.08. The lowest BCUT2D eigenvalue weighted by Crippen LogP contribution is -2.49. The van der Waals surface area contributed by atoms with Crippen LogP contribution in [-0.2, 0) is 9.53 Å². The smallest absolute Gasteiger partial charge is 0.221 e. The van der Waals surface area contributed by atoms with Crippen LogP contribution >= 0.6 is 0 Å². The summed E-state index contributed by atoms with van der Waals surface area (Å²) >= 11 is 0. The Hall–Kier alpha value is -0.610. The maximum atomic E-state index is 11.6. The lowest BCUT2D eigenvalue weighted by molar-refractivity contribution is -0.127. The Morgan fingerprint density at radius 1 is 1.60 bits per heavy atom. The summed E-state index contributed by atoms with van der Waals surface area (Å²) in [5.41, 5.74) is 0.179. The summed E-state index contributed by atoms with van der Waals surface area (Å²) in [6.45, 7) is 5.50. The van der Waals surface area contributed by atoms with Crippen molar-refractivity contribution < 1.29 is 9.53 Å². The van der Waals surface area contributed by atoms with Gasteiger partial charge in [-0.3, -0.25) is 4.79 Å². The Morgan fingerprint density at radius 2 is 2.40 bits per heavy atom. The summed E-state index contributed by atoms with van der Waals surface area (Å²) in [6.07, 6.45) is 2.95. The summed E-state index contributed by atoms with van der Waals surface area (Å²) in [7, 11) is 0. The van der Waals surface area contributed by atoms with E-state index in [2.05, 4.69) is 17.6 Å². The molecule has 4 nitrogen and oxygen atoms in total. The van der Waals surface area contributed by atoms with Crippen LogP contribution in [0.4, 0.5) is 0 Å². The first-order chi connectivity index (χ1) is 7.18. The van der Waals surface area contributed by atoms with Gasteiger partial charge in [-0.15, -0.1) is 0 Å². The van der Waals surface area contributed by atoms with Crippen LogP contribution in [0.25, 0.3) is 0 Å². The largest absolute Gasteiger partial charge is 0.380 e. The summed E-state index contributed by atoms with van der Waals surface area (Å²) in [6, 6.07) is 0.399. The minimum atomic E-state index is 0.169. The maximum absolute atomic E-state index is 11.6. The molecule has 2 fully saturated rings. The third-order valence-corrected chi connectivity index (χ3v) is 3.21. The molecular weight excluding hydrogens is 192 g/mol. The number of carbonyl (C=O) groups excluding carboxylic acids is 1. The Bertz CT molecular complexity index is 233. The molecule has 1 atom stereocenters. The van der Waals surface area contributed by atoms with Gasteiger partial charge in [0.2, 0.25) is 5.91 Å².